The number of para-hydroxylation sites is 1. The van der Waals surface area contributed by atoms with E-state index in [4.69, 9.17) is 4.74 Å². The number of nitrogens with one attached hydrogen (secondary N) is 1. The number of benzene rings is 1. The third-order valence-electron chi connectivity index (χ3n) is 3.94. The van der Waals surface area contributed by atoms with E-state index in [0.717, 1.165) is 13.1 Å². The maximum absolute atomic E-state index is 12.5. The van der Waals surface area contributed by atoms with Crippen LogP contribution in [0.1, 0.15) is 38.1 Å². The van der Waals surface area contributed by atoms with Gasteiger partial charge in [0.05, 0.1) is 23.9 Å². The molecule has 1 N–H and O–H groups in total. The van der Waals surface area contributed by atoms with E-state index in [1.54, 1.807) is 18.2 Å². The smallest absolute Gasteiger partial charge is 0.241 e. The predicted molar refractivity (Wildman–Crippen MR) is 86.1 cm³/mol. The van der Waals surface area contributed by atoms with Gasteiger partial charge in [-0.05, 0) is 39.8 Å². The number of nitrogens with zero attached hydrogens (tertiary/aromatic N) is 1. The molecule has 1 amide bonds. The van der Waals surface area contributed by atoms with E-state index in [-0.39, 0.29) is 29.9 Å². The monoisotopic (exact) mass is 304 g/mol. The maximum Gasteiger partial charge on any atom is 0.241 e. The van der Waals surface area contributed by atoms with Crippen molar-refractivity contribution >= 4 is 17.4 Å². The van der Waals surface area contributed by atoms with Crippen LogP contribution < -0.4 is 5.32 Å². The van der Waals surface area contributed by atoms with Gasteiger partial charge in [-0.3, -0.25) is 14.5 Å². The highest BCUT2D eigenvalue weighted by Crippen LogP contribution is 2.18. The minimum absolute atomic E-state index is 0.0582. The quantitative estimate of drug-likeness (QED) is 0.867. The standard InChI is InChI=1S/C17H24N2O3/c1-11-9-19(10-12(2)22-11)13(3)17(21)18-16-8-6-5-7-15(16)14(4)20/h5-8,11-13H,9-10H2,1-4H3,(H,18,21). The lowest BCUT2D eigenvalue weighted by atomic mass is 10.1. The third kappa shape index (κ3) is 3.93. The Labute approximate surface area is 131 Å². The molecular formula is C17H24N2O3. The molecule has 0 spiro atoms. The second-order valence-electron chi connectivity index (χ2n) is 5.98. The number of anilines is 1. The summed E-state index contributed by atoms with van der Waals surface area (Å²) < 4.78 is 5.70. The van der Waals surface area contributed by atoms with Crippen molar-refractivity contribution in [1.29, 1.82) is 0 Å². The van der Waals surface area contributed by atoms with Gasteiger partial charge in [0, 0.05) is 18.7 Å². The number of ketones is 1. The van der Waals surface area contributed by atoms with Gasteiger partial charge in [-0.25, -0.2) is 0 Å². The molecule has 5 nitrogen and oxygen atoms in total. The van der Waals surface area contributed by atoms with Crippen molar-refractivity contribution in [3.05, 3.63) is 29.8 Å². The van der Waals surface area contributed by atoms with E-state index in [1.165, 1.54) is 6.92 Å². The van der Waals surface area contributed by atoms with Crippen LogP contribution in [0.3, 0.4) is 0 Å². The third-order valence-corrected chi connectivity index (χ3v) is 3.94. The van der Waals surface area contributed by atoms with Gasteiger partial charge in [-0.15, -0.1) is 0 Å². The number of amides is 1. The van der Waals surface area contributed by atoms with E-state index in [2.05, 4.69) is 10.2 Å². The minimum Gasteiger partial charge on any atom is -0.373 e. The van der Waals surface area contributed by atoms with Crippen LogP contribution in [0.4, 0.5) is 5.69 Å². The van der Waals surface area contributed by atoms with E-state index in [9.17, 15) is 9.59 Å². The van der Waals surface area contributed by atoms with Gasteiger partial charge < -0.3 is 10.1 Å². The summed E-state index contributed by atoms with van der Waals surface area (Å²) in [7, 11) is 0. The molecule has 0 bridgehead atoms. The van der Waals surface area contributed by atoms with E-state index in [0.29, 0.717) is 11.3 Å². The van der Waals surface area contributed by atoms with Crippen LogP contribution >= 0.6 is 0 Å². The fourth-order valence-corrected chi connectivity index (χ4v) is 2.84. The molecule has 1 aromatic carbocycles. The molecule has 1 aromatic rings. The first-order valence-electron chi connectivity index (χ1n) is 7.68. The van der Waals surface area contributed by atoms with Crippen molar-refractivity contribution in [2.45, 2.75) is 45.9 Å². The Morgan fingerprint density at radius 2 is 1.82 bits per heavy atom. The topological polar surface area (TPSA) is 58.6 Å². The summed E-state index contributed by atoms with van der Waals surface area (Å²) in [5, 5.41) is 2.88. The lowest BCUT2D eigenvalue weighted by Gasteiger charge is -2.38. The van der Waals surface area contributed by atoms with Crippen LogP contribution in [0.5, 0.6) is 0 Å². The lowest BCUT2D eigenvalue weighted by Crippen LogP contribution is -2.52. The van der Waals surface area contributed by atoms with Crippen molar-refractivity contribution < 1.29 is 14.3 Å². The zero-order valence-electron chi connectivity index (χ0n) is 13.6. The molecule has 3 atom stereocenters. The number of morpholine rings is 1. The number of ether oxygens (including phenoxy) is 1. The Kier molecular flexibility index (Phi) is 5.32. The molecule has 1 saturated heterocycles. The molecule has 5 heteroatoms. The molecule has 1 heterocycles. The summed E-state index contributed by atoms with van der Waals surface area (Å²) in [6.07, 6.45) is 0.229. The summed E-state index contributed by atoms with van der Waals surface area (Å²) in [6, 6.07) is 6.81. The number of Topliss-reactive ketones (excluding diaryl/α,β-unsaturated/α-hetero) is 1. The van der Waals surface area contributed by atoms with Crippen LogP contribution in [0.2, 0.25) is 0 Å². The summed E-state index contributed by atoms with van der Waals surface area (Å²) in [5.74, 6) is -0.160. The fraction of sp³-hybridized carbons (Fsp3) is 0.529. The van der Waals surface area contributed by atoms with Crippen molar-refractivity contribution in [1.82, 2.24) is 4.90 Å². The Balaban J connectivity index is 2.07. The predicted octanol–water partition coefficient (Wildman–Crippen LogP) is 2.33. The van der Waals surface area contributed by atoms with Gasteiger partial charge >= 0.3 is 0 Å². The van der Waals surface area contributed by atoms with Gasteiger partial charge in [0.2, 0.25) is 5.91 Å². The zero-order valence-corrected chi connectivity index (χ0v) is 13.6. The van der Waals surface area contributed by atoms with Crippen LogP contribution in [0.15, 0.2) is 24.3 Å². The van der Waals surface area contributed by atoms with Crippen molar-refractivity contribution in [3.8, 4) is 0 Å². The molecule has 1 aliphatic rings. The summed E-state index contributed by atoms with van der Waals surface area (Å²) in [4.78, 5) is 26.2. The number of carbonyl (C=O) groups excluding carboxylic acids is 2. The Morgan fingerprint density at radius 3 is 2.41 bits per heavy atom. The number of carbonyl (C=O) groups is 2. The number of hydrogen-bond donors (Lipinski definition) is 1. The zero-order chi connectivity index (χ0) is 16.3. The second kappa shape index (κ2) is 7.03. The fourth-order valence-electron chi connectivity index (χ4n) is 2.84. The molecule has 0 saturated carbocycles. The molecule has 0 aromatic heterocycles. The summed E-state index contributed by atoms with van der Waals surface area (Å²) in [6.45, 7) is 8.87. The Morgan fingerprint density at radius 1 is 1.23 bits per heavy atom. The van der Waals surface area contributed by atoms with Crippen molar-refractivity contribution in [2.75, 3.05) is 18.4 Å². The summed E-state index contributed by atoms with van der Waals surface area (Å²) in [5.41, 5.74) is 1.10. The highest BCUT2D eigenvalue weighted by atomic mass is 16.5. The first-order chi connectivity index (χ1) is 10.4. The van der Waals surface area contributed by atoms with Crippen molar-refractivity contribution in [3.63, 3.8) is 0 Å². The Hall–Kier alpha value is -1.72. The number of rotatable bonds is 4. The molecule has 3 unspecified atom stereocenters. The van der Waals surface area contributed by atoms with Crippen LogP contribution in [-0.2, 0) is 9.53 Å². The molecule has 1 fully saturated rings. The molecule has 0 radical (unpaired) electrons. The first-order valence-corrected chi connectivity index (χ1v) is 7.68. The van der Waals surface area contributed by atoms with E-state index in [1.807, 2.05) is 26.8 Å². The van der Waals surface area contributed by atoms with Crippen LogP contribution in [0.25, 0.3) is 0 Å². The van der Waals surface area contributed by atoms with Gasteiger partial charge in [0.1, 0.15) is 0 Å². The normalized spacial score (nSPS) is 23.8. The largest absolute Gasteiger partial charge is 0.373 e. The van der Waals surface area contributed by atoms with Gasteiger partial charge in [-0.1, -0.05) is 12.1 Å². The summed E-state index contributed by atoms with van der Waals surface area (Å²) >= 11 is 0. The van der Waals surface area contributed by atoms with Crippen molar-refractivity contribution in [2.24, 2.45) is 0 Å². The van der Waals surface area contributed by atoms with Crippen LogP contribution in [-0.4, -0.2) is 47.9 Å². The van der Waals surface area contributed by atoms with E-state index < -0.39 is 0 Å². The lowest BCUT2D eigenvalue weighted by molar-refractivity contribution is -0.126. The molecular weight excluding hydrogens is 280 g/mol. The van der Waals surface area contributed by atoms with E-state index >= 15 is 0 Å². The molecule has 2 rings (SSSR count). The minimum atomic E-state index is -0.270. The molecule has 22 heavy (non-hydrogen) atoms. The molecule has 1 aliphatic heterocycles. The first kappa shape index (κ1) is 16.6. The van der Waals surface area contributed by atoms with Crippen LogP contribution in [0, 0.1) is 0 Å². The van der Waals surface area contributed by atoms with Gasteiger partial charge in [0.25, 0.3) is 0 Å². The highest BCUT2D eigenvalue weighted by Gasteiger charge is 2.29. The Bertz CT molecular complexity index is 549. The number of hydrogen-bond acceptors (Lipinski definition) is 4. The SMILES string of the molecule is CC(=O)c1ccccc1NC(=O)C(C)N1CC(C)OC(C)C1. The second-order valence-corrected chi connectivity index (χ2v) is 5.98. The van der Waals surface area contributed by atoms with Gasteiger partial charge in [0.15, 0.2) is 5.78 Å². The molecule has 120 valence electrons. The maximum atomic E-state index is 12.5. The average Bonchev–Trinajstić information content (AvgIpc) is 2.45. The highest BCUT2D eigenvalue weighted by molar-refractivity contribution is 6.04. The average molecular weight is 304 g/mol. The van der Waals surface area contributed by atoms with Gasteiger partial charge in [-0.2, -0.15) is 0 Å². The molecule has 0 aliphatic carbocycles.